The van der Waals surface area contributed by atoms with E-state index < -0.39 is 10.0 Å². The third kappa shape index (κ3) is 4.74. The molecule has 27 heavy (non-hydrogen) atoms. The quantitative estimate of drug-likeness (QED) is 0.745. The van der Waals surface area contributed by atoms with Crippen LogP contribution in [-0.2, 0) is 10.0 Å². The first-order valence-corrected chi connectivity index (χ1v) is 10.4. The van der Waals surface area contributed by atoms with Gasteiger partial charge in [-0.15, -0.1) is 0 Å². The van der Waals surface area contributed by atoms with Crippen molar-refractivity contribution in [2.24, 2.45) is 0 Å². The van der Waals surface area contributed by atoms with Gasteiger partial charge in [0.1, 0.15) is 0 Å². The van der Waals surface area contributed by atoms with Gasteiger partial charge < -0.3 is 5.32 Å². The first kappa shape index (κ1) is 19.1. The van der Waals surface area contributed by atoms with Gasteiger partial charge >= 0.3 is 0 Å². The van der Waals surface area contributed by atoms with Gasteiger partial charge in [0.05, 0.1) is 4.90 Å². The van der Waals surface area contributed by atoms with Crippen LogP contribution in [0.3, 0.4) is 0 Å². The van der Waals surface area contributed by atoms with E-state index >= 15 is 0 Å². The Morgan fingerprint density at radius 1 is 0.963 bits per heavy atom. The Morgan fingerprint density at radius 2 is 1.63 bits per heavy atom. The lowest BCUT2D eigenvalue weighted by Gasteiger charge is -2.13. The molecule has 142 valence electrons. The number of sulfonamides is 1. The zero-order chi connectivity index (χ0) is 19.4. The third-order valence-electron chi connectivity index (χ3n) is 4.64. The van der Waals surface area contributed by atoms with E-state index in [1.165, 1.54) is 31.2 Å². The maximum Gasteiger partial charge on any atom is 0.261 e. The Morgan fingerprint density at radius 3 is 2.26 bits per heavy atom. The summed E-state index contributed by atoms with van der Waals surface area (Å²) in [5, 5.41) is 2.95. The molecule has 2 aromatic rings. The lowest BCUT2D eigenvalue weighted by molar-refractivity contribution is 0.0936. The molecule has 2 N–H and O–H groups in total. The number of benzene rings is 2. The normalized spacial score (nSPS) is 14.7. The van der Waals surface area contributed by atoms with E-state index in [0.29, 0.717) is 16.8 Å². The summed E-state index contributed by atoms with van der Waals surface area (Å²) in [6.07, 6.45) is 4.13. The van der Waals surface area contributed by atoms with Crippen molar-refractivity contribution in [3.8, 4) is 0 Å². The maximum atomic E-state index is 12.6. The van der Waals surface area contributed by atoms with Crippen molar-refractivity contribution in [1.82, 2.24) is 5.32 Å². The van der Waals surface area contributed by atoms with E-state index in [1.54, 1.807) is 24.3 Å². The number of Topliss-reactive ketones (excluding diaryl/α,β-unsaturated/α-hetero) is 1. The van der Waals surface area contributed by atoms with E-state index in [1.807, 2.05) is 0 Å². The van der Waals surface area contributed by atoms with Gasteiger partial charge in [0.15, 0.2) is 5.78 Å². The fourth-order valence-electron chi connectivity index (χ4n) is 3.13. The van der Waals surface area contributed by atoms with Crippen LogP contribution in [-0.4, -0.2) is 26.2 Å². The molecule has 0 bridgehead atoms. The summed E-state index contributed by atoms with van der Waals surface area (Å²) < 4.78 is 27.7. The average molecular weight is 386 g/mol. The molecule has 0 aliphatic heterocycles. The Balaban J connectivity index is 1.75. The Hall–Kier alpha value is -2.67. The number of anilines is 1. The van der Waals surface area contributed by atoms with E-state index in [-0.39, 0.29) is 22.6 Å². The van der Waals surface area contributed by atoms with Gasteiger partial charge in [0.25, 0.3) is 15.9 Å². The first-order valence-electron chi connectivity index (χ1n) is 8.90. The molecule has 1 amide bonds. The van der Waals surface area contributed by atoms with Crippen LogP contribution < -0.4 is 10.0 Å². The van der Waals surface area contributed by atoms with Gasteiger partial charge in [-0.2, -0.15) is 0 Å². The van der Waals surface area contributed by atoms with Gasteiger partial charge in [0, 0.05) is 22.9 Å². The summed E-state index contributed by atoms with van der Waals surface area (Å²) in [6.45, 7) is 1.45. The fraction of sp³-hybridized carbons (Fsp3) is 0.300. The minimum absolute atomic E-state index is 0.0113. The van der Waals surface area contributed by atoms with Gasteiger partial charge in [-0.05, 0) is 62.2 Å². The second-order valence-electron chi connectivity index (χ2n) is 6.72. The van der Waals surface area contributed by atoms with Crippen molar-refractivity contribution in [3.63, 3.8) is 0 Å². The fourth-order valence-corrected chi connectivity index (χ4v) is 4.23. The van der Waals surface area contributed by atoms with Crippen LogP contribution >= 0.6 is 0 Å². The maximum absolute atomic E-state index is 12.6. The van der Waals surface area contributed by atoms with E-state index in [4.69, 9.17) is 0 Å². The van der Waals surface area contributed by atoms with E-state index in [2.05, 4.69) is 10.0 Å². The smallest absolute Gasteiger partial charge is 0.261 e. The van der Waals surface area contributed by atoms with E-state index in [9.17, 15) is 18.0 Å². The number of carbonyl (C=O) groups excluding carboxylic acids is 2. The predicted octanol–water partition coefficient (Wildman–Crippen LogP) is 3.36. The highest BCUT2D eigenvalue weighted by atomic mass is 32.2. The number of rotatable bonds is 6. The van der Waals surface area contributed by atoms with Crippen LogP contribution in [0.1, 0.15) is 53.3 Å². The van der Waals surface area contributed by atoms with Crippen LogP contribution in [0.4, 0.5) is 5.69 Å². The zero-order valence-corrected chi connectivity index (χ0v) is 15.9. The molecule has 1 fully saturated rings. The Bertz CT molecular complexity index is 946. The molecule has 6 nitrogen and oxygen atoms in total. The number of hydrogen-bond acceptors (Lipinski definition) is 4. The molecule has 1 aliphatic rings. The van der Waals surface area contributed by atoms with Gasteiger partial charge in [-0.3, -0.25) is 14.3 Å². The summed E-state index contributed by atoms with van der Waals surface area (Å²) >= 11 is 0. The number of ketones is 1. The zero-order valence-electron chi connectivity index (χ0n) is 15.1. The molecular weight excluding hydrogens is 364 g/mol. The van der Waals surface area contributed by atoms with Crippen molar-refractivity contribution in [1.29, 1.82) is 0 Å². The van der Waals surface area contributed by atoms with Crippen molar-refractivity contribution in [2.45, 2.75) is 43.5 Å². The second kappa shape index (κ2) is 7.92. The Labute approximate surface area is 159 Å². The minimum atomic E-state index is -3.84. The molecule has 7 heteroatoms. The van der Waals surface area contributed by atoms with Crippen LogP contribution in [0.15, 0.2) is 53.4 Å². The second-order valence-corrected chi connectivity index (χ2v) is 8.40. The topological polar surface area (TPSA) is 92.3 Å². The van der Waals surface area contributed by atoms with Crippen molar-refractivity contribution < 1.29 is 18.0 Å². The molecule has 0 atom stereocenters. The molecule has 1 saturated carbocycles. The monoisotopic (exact) mass is 386 g/mol. The Kier molecular flexibility index (Phi) is 5.60. The standard InChI is InChI=1S/C20H22N2O4S/c1-14(23)15-9-11-18(12-10-15)22-27(25,26)19-8-4-5-16(13-19)20(24)21-17-6-2-3-7-17/h4-5,8-13,17,22H,2-3,6-7H2,1H3,(H,21,24). The molecule has 0 unspecified atom stereocenters. The number of hydrogen-bond donors (Lipinski definition) is 2. The molecule has 3 rings (SSSR count). The van der Waals surface area contributed by atoms with Crippen molar-refractivity contribution in [2.75, 3.05) is 4.72 Å². The molecule has 0 aromatic heterocycles. The van der Waals surface area contributed by atoms with E-state index in [0.717, 1.165) is 25.7 Å². The summed E-state index contributed by atoms with van der Waals surface area (Å²) in [7, 11) is -3.84. The first-order chi connectivity index (χ1) is 12.8. The molecule has 0 radical (unpaired) electrons. The summed E-state index contributed by atoms with van der Waals surface area (Å²) in [5.41, 5.74) is 1.17. The molecular formula is C20H22N2O4S. The van der Waals surface area contributed by atoms with Gasteiger partial charge in [0.2, 0.25) is 0 Å². The van der Waals surface area contributed by atoms with Crippen LogP contribution in [0.25, 0.3) is 0 Å². The molecule has 0 heterocycles. The lowest BCUT2D eigenvalue weighted by Crippen LogP contribution is -2.32. The summed E-state index contributed by atoms with van der Waals surface area (Å²) in [5.74, 6) is -0.352. The molecule has 2 aromatic carbocycles. The van der Waals surface area contributed by atoms with Gasteiger partial charge in [-0.1, -0.05) is 18.9 Å². The molecule has 0 saturated heterocycles. The lowest BCUT2D eigenvalue weighted by atomic mass is 10.1. The molecule has 0 spiro atoms. The van der Waals surface area contributed by atoms with Crippen LogP contribution in [0.5, 0.6) is 0 Å². The highest BCUT2D eigenvalue weighted by Crippen LogP contribution is 2.20. The minimum Gasteiger partial charge on any atom is -0.349 e. The van der Waals surface area contributed by atoms with Crippen LogP contribution in [0.2, 0.25) is 0 Å². The molecule has 1 aliphatic carbocycles. The largest absolute Gasteiger partial charge is 0.349 e. The predicted molar refractivity (Wildman–Crippen MR) is 103 cm³/mol. The number of nitrogens with one attached hydrogen (secondary N) is 2. The van der Waals surface area contributed by atoms with Gasteiger partial charge in [-0.25, -0.2) is 8.42 Å². The number of carbonyl (C=O) groups is 2. The highest BCUT2D eigenvalue weighted by molar-refractivity contribution is 7.92. The number of amides is 1. The van der Waals surface area contributed by atoms with Crippen molar-refractivity contribution in [3.05, 3.63) is 59.7 Å². The van der Waals surface area contributed by atoms with Crippen molar-refractivity contribution >= 4 is 27.4 Å². The highest BCUT2D eigenvalue weighted by Gasteiger charge is 2.20. The average Bonchev–Trinajstić information content (AvgIpc) is 3.15. The summed E-state index contributed by atoms with van der Waals surface area (Å²) in [4.78, 5) is 23.7. The van der Waals surface area contributed by atoms with Crippen LogP contribution in [0, 0.1) is 0 Å². The summed E-state index contributed by atoms with van der Waals surface area (Å²) in [6, 6.07) is 12.3. The third-order valence-corrected chi connectivity index (χ3v) is 6.02. The SMILES string of the molecule is CC(=O)c1ccc(NS(=O)(=O)c2cccc(C(=O)NC3CCCC3)c2)cc1.